The average molecular weight is 102 g/mol. The van der Waals surface area contributed by atoms with E-state index in [-0.39, 0.29) is 0 Å². The van der Waals surface area contributed by atoms with Gasteiger partial charge in [-0.1, -0.05) is 6.58 Å². The van der Waals surface area contributed by atoms with E-state index in [9.17, 15) is 0 Å². The fourth-order valence-corrected chi connectivity index (χ4v) is 0.171. The van der Waals surface area contributed by atoms with Crippen molar-refractivity contribution < 1.29 is 4.74 Å². The molecule has 0 aliphatic carbocycles. The number of thiol groups is 1. The Morgan fingerprint density at radius 2 is 2.33 bits per heavy atom. The van der Waals surface area contributed by atoms with Crippen LogP contribution in [0.2, 0.25) is 0 Å². The molecule has 0 amide bonds. The Morgan fingerprint density at radius 3 is 2.33 bits per heavy atom. The molecule has 34 valence electrons. The lowest BCUT2D eigenvalue weighted by molar-refractivity contribution is 0.393. The number of hydrogen-bond acceptors (Lipinski definition) is 2. The van der Waals surface area contributed by atoms with E-state index < -0.39 is 0 Å². The summed E-state index contributed by atoms with van der Waals surface area (Å²) in [5, 5.41) is 0.366. The fraction of sp³-hybridized carbons (Fsp3) is 0. The first kappa shape index (κ1) is 5.63. The van der Waals surface area contributed by atoms with Crippen LogP contribution in [0, 0.1) is 0 Å². The van der Waals surface area contributed by atoms with E-state index in [2.05, 4.69) is 30.5 Å². The lowest BCUT2D eigenvalue weighted by atomic mass is 11.1. The summed E-state index contributed by atoms with van der Waals surface area (Å²) in [5.74, 6) is 0. The summed E-state index contributed by atoms with van der Waals surface area (Å²) in [4.78, 5) is 0. The Bertz CT molecular complexity index is 67.9. The van der Waals surface area contributed by atoms with E-state index in [1.165, 1.54) is 6.26 Å². The highest BCUT2D eigenvalue weighted by Crippen LogP contribution is 1.95. The van der Waals surface area contributed by atoms with Crippen LogP contribution in [-0.4, -0.2) is 0 Å². The molecule has 0 saturated carbocycles. The fourth-order valence-electron chi connectivity index (χ4n) is 0.0962. The van der Waals surface area contributed by atoms with Crippen molar-refractivity contribution in [3.8, 4) is 0 Å². The number of hydrogen-bond donors (Lipinski definition) is 1. The molecule has 0 radical (unpaired) electrons. The van der Waals surface area contributed by atoms with Crippen LogP contribution in [-0.2, 0) is 4.74 Å². The first-order chi connectivity index (χ1) is 2.77. The molecule has 2 heteroatoms. The van der Waals surface area contributed by atoms with Gasteiger partial charge in [0.1, 0.15) is 5.09 Å². The van der Waals surface area contributed by atoms with Gasteiger partial charge in [0.25, 0.3) is 0 Å². The van der Waals surface area contributed by atoms with Crippen molar-refractivity contribution in [3.63, 3.8) is 0 Å². The normalized spacial score (nSPS) is 6.83. The zero-order valence-electron chi connectivity index (χ0n) is 3.35. The van der Waals surface area contributed by atoms with Crippen molar-refractivity contribution in [3.05, 3.63) is 24.5 Å². The van der Waals surface area contributed by atoms with Crippen molar-refractivity contribution in [1.82, 2.24) is 0 Å². The van der Waals surface area contributed by atoms with Gasteiger partial charge in [0.2, 0.25) is 0 Å². The predicted octanol–water partition coefficient (Wildman–Crippen LogP) is 1.55. The van der Waals surface area contributed by atoms with Crippen LogP contribution in [0.5, 0.6) is 0 Å². The molecular weight excluding hydrogens is 96.1 g/mol. The largest absolute Gasteiger partial charge is 0.460 e. The van der Waals surface area contributed by atoms with E-state index in [1.54, 1.807) is 0 Å². The molecule has 0 aliphatic rings. The second-order valence-corrected chi connectivity index (χ2v) is 1.18. The minimum absolute atomic E-state index is 0.366. The van der Waals surface area contributed by atoms with Crippen molar-refractivity contribution in [2.45, 2.75) is 0 Å². The summed E-state index contributed by atoms with van der Waals surface area (Å²) >= 11 is 3.69. The Morgan fingerprint density at radius 1 is 1.83 bits per heavy atom. The number of rotatable bonds is 2. The van der Waals surface area contributed by atoms with Gasteiger partial charge in [0.15, 0.2) is 0 Å². The van der Waals surface area contributed by atoms with Crippen LogP contribution in [0.1, 0.15) is 0 Å². The second kappa shape index (κ2) is 2.85. The summed E-state index contributed by atoms with van der Waals surface area (Å²) in [6.07, 6.45) is 1.27. The Hall–Kier alpha value is -0.370. The monoisotopic (exact) mass is 102 g/mol. The topological polar surface area (TPSA) is 9.23 Å². The van der Waals surface area contributed by atoms with Crippen LogP contribution in [0.3, 0.4) is 0 Å². The highest BCUT2D eigenvalue weighted by molar-refractivity contribution is 7.84. The third-order valence-electron chi connectivity index (χ3n) is 0.219. The van der Waals surface area contributed by atoms with Crippen LogP contribution >= 0.6 is 12.6 Å². The molecule has 0 aromatic heterocycles. The molecular formula is C4H6OS. The Kier molecular flexibility index (Phi) is 2.67. The van der Waals surface area contributed by atoms with Crippen LogP contribution in [0.4, 0.5) is 0 Å². The molecule has 0 saturated heterocycles. The van der Waals surface area contributed by atoms with E-state index in [0.29, 0.717) is 5.09 Å². The molecule has 0 fully saturated rings. The number of ether oxygens (including phenoxy) is 1. The van der Waals surface area contributed by atoms with Crippen molar-refractivity contribution in [2.75, 3.05) is 0 Å². The lowest BCUT2D eigenvalue weighted by Crippen LogP contribution is -1.64. The maximum Gasteiger partial charge on any atom is 0.149 e. The maximum absolute atomic E-state index is 4.48. The molecule has 6 heavy (non-hydrogen) atoms. The molecule has 0 unspecified atom stereocenters. The molecule has 0 heterocycles. The molecule has 0 spiro atoms. The minimum atomic E-state index is 0.366. The van der Waals surface area contributed by atoms with Gasteiger partial charge >= 0.3 is 0 Å². The third kappa shape index (κ3) is 3.63. The molecule has 0 atom stereocenters. The van der Waals surface area contributed by atoms with Crippen LogP contribution < -0.4 is 0 Å². The molecule has 0 aliphatic heterocycles. The van der Waals surface area contributed by atoms with E-state index >= 15 is 0 Å². The molecule has 0 aromatic rings. The van der Waals surface area contributed by atoms with Crippen LogP contribution in [0.15, 0.2) is 24.5 Å². The molecule has 0 bridgehead atoms. The summed E-state index contributed by atoms with van der Waals surface area (Å²) in [6.45, 7) is 6.58. The highest BCUT2D eigenvalue weighted by Gasteiger charge is 1.70. The van der Waals surface area contributed by atoms with Gasteiger partial charge < -0.3 is 4.74 Å². The van der Waals surface area contributed by atoms with Crippen molar-refractivity contribution in [1.29, 1.82) is 0 Å². The van der Waals surface area contributed by atoms with Gasteiger partial charge in [0, 0.05) is 0 Å². The highest BCUT2D eigenvalue weighted by atomic mass is 32.1. The quantitative estimate of drug-likeness (QED) is 0.411. The summed E-state index contributed by atoms with van der Waals surface area (Å²) in [5.41, 5.74) is 0. The van der Waals surface area contributed by atoms with E-state index in [0.717, 1.165) is 0 Å². The first-order valence-corrected chi connectivity index (χ1v) is 1.87. The molecule has 0 N–H and O–H groups in total. The molecule has 0 aromatic carbocycles. The van der Waals surface area contributed by atoms with E-state index in [4.69, 9.17) is 0 Å². The average Bonchev–Trinajstić information content (AvgIpc) is 1.35. The Labute approximate surface area is 42.7 Å². The minimum Gasteiger partial charge on any atom is -0.460 e. The van der Waals surface area contributed by atoms with Gasteiger partial charge in [-0.15, -0.1) is 12.6 Å². The standard InChI is InChI=1S/C4H6OS/c1-3-5-4(2)6/h3,6H,1-2H2. The lowest BCUT2D eigenvalue weighted by Gasteiger charge is -1.88. The summed E-state index contributed by atoms with van der Waals surface area (Å²) < 4.78 is 4.48. The smallest absolute Gasteiger partial charge is 0.149 e. The van der Waals surface area contributed by atoms with Gasteiger partial charge in [-0.05, 0) is 6.58 Å². The van der Waals surface area contributed by atoms with Crippen molar-refractivity contribution in [2.24, 2.45) is 0 Å². The molecule has 0 rings (SSSR count). The van der Waals surface area contributed by atoms with Gasteiger partial charge in [-0.25, -0.2) is 0 Å². The van der Waals surface area contributed by atoms with Crippen LogP contribution in [0.25, 0.3) is 0 Å². The zero-order chi connectivity index (χ0) is 4.99. The molecule has 1 nitrogen and oxygen atoms in total. The van der Waals surface area contributed by atoms with Gasteiger partial charge in [0.05, 0.1) is 6.26 Å². The summed E-state index contributed by atoms with van der Waals surface area (Å²) in [7, 11) is 0. The van der Waals surface area contributed by atoms with Gasteiger partial charge in [-0.3, -0.25) is 0 Å². The third-order valence-corrected chi connectivity index (χ3v) is 0.325. The maximum atomic E-state index is 4.48. The van der Waals surface area contributed by atoms with Crippen molar-refractivity contribution >= 4 is 12.6 Å². The summed E-state index contributed by atoms with van der Waals surface area (Å²) in [6, 6.07) is 0. The SMILES string of the molecule is C=COC(=C)S. The predicted molar refractivity (Wildman–Crippen MR) is 29.4 cm³/mol. The Balaban J connectivity index is 3.05. The first-order valence-electron chi connectivity index (χ1n) is 1.43. The second-order valence-electron chi connectivity index (χ2n) is 0.678. The van der Waals surface area contributed by atoms with Gasteiger partial charge in [-0.2, -0.15) is 0 Å². The van der Waals surface area contributed by atoms with E-state index in [1.807, 2.05) is 0 Å². The zero-order valence-corrected chi connectivity index (χ0v) is 4.24.